The Morgan fingerprint density at radius 3 is 2.39 bits per heavy atom. The van der Waals surface area contributed by atoms with Crippen molar-refractivity contribution in [1.29, 1.82) is 0 Å². The normalized spacial score (nSPS) is 17.8. The molecule has 0 radical (unpaired) electrons. The molecular formula is C29H35FN4O4. The first-order valence-electron chi connectivity index (χ1n) is 12.8. The Bertz CT molecular complexity index is 1300. The zero-order valence-corrected chi connectivity index (χ0v) is 22.6. The Kier molecular flexibility index (Phi) is 7.60. The fourth-order valence-electron chi connectivity index (χ4n) is 4.51. The van der Waals surface area contributed by atoms with Crippen LogP contribution in [0.5, 0.6) is 0 Å². The third-order valence-corrected chi connectivity index (χ3v) is 6.87. The van der Waals surface area contributed by atoms with E-state index in [9.17, 15) is 14.0 Å². The second-order valence-corrected chi connectivity index (χ2v) is 11.0. The summed E-state index contributed by atoms with van der Waals surface area (Å²) in [5, 5.41) is 14.0. The van der Waals surface area contributed by atoms with Crippen molar-refractivity contribution >= 4 is 17.7 Å². The summed E-state index contributed by atoms with van der Waals surface area (Å²) in [7, 11) is 0. The number of carbonyl (C=O) groups excluding carboxylic acids is 1. The fourth-order valence-corrected chi connectivity index (χ4v) is 4.51. The molecule has 1 N–H and O–H groups in total. The predicted molar refractivity (Wildman–Crippen MR) is 144 cm³/mol. The average molecular weight is 523 g/mol. The summed E-state index contributed by atoms with van der Waals surface area (Å²) in [6.07, 6.45) is 2.24. The molecule has 1 atom stereocenters. The predicted octanol–water partition coefficient (Wildman–Crippen LogP) is 5.77. The van der Waals surface area contributed by atoms with Crippen LogP contribution in [0.3, 0.4) is 0 Å². The minimum absolute atomic E-state index is 0.164. The van der Waals surface area contributed by atoms with Gasteiger partial charge in [0.25, 0.3) is 0 Å². The molecule has 202 valence electrons. The van der Waals surface area contributed by atoms with E-state index in [0.29, 0.717) is 31.7 Å². The number of nitrogens with zero attached hydrogens (tertiary/aromatic N) is 4. The number of carbonyl (C=O) groups is 2. The lowest BCUT2D eigenvalue weighted by atomic mass is 10.0. The van der Waals surface area contributed by atoms with Gasteiger partial charge in [0.15, 0.2) is 0 Å². The van der Waals surface area contributed by atoms with E-state index in [4.69, 9.17) is 14.9 Å². The number of ether oxygens (including phenoxy) is 1. The number of anilines is 1. The smallest absolute Gasteiger partial charge is 0.415 e. The van der Waals surface area contributed by atoms with Gasteiger partial charge in [-0.05, 0) is 82.8 Å². The standard InChI is InChI=1S/C29H35FN4O4/c1-6-32(17-22-18-34(28(2,3)4)31-25(22)20-7-11-23(30)12-8-20)16-15-29(5)19-33(27(37)38-29)24-13-9-21(10-14-24)26(35)36/h7-14,18H,6,15-17,19H2,1-5H3,(H,35,36). The Balaban J connectivity index is 1.47. The molecule has 1 fully saturated rings. The van der Waals surface area contributed by atoms with Crippen molar-refractivity contribution in [2.45, 2.75) is 58.7 Å². The molecule has 38 heavy (non-hydrogen) atoms. The van der Waals surface area contributed by atoms with Gasteiger partial charge >= 0.3 is 12.1 Å². The van der Waals surface area contributed by atoms with Crippen LogP contribution in [0.4, 0.5) is 14.9 Å². The number of rotatable bonds is 9. The third-order valence-electron chi connectivity index (χ3n) is 6.87. The van der Waals surface area contributed by atoms with Crippen LogP contribution in [0.25, 0.3) is 11.3 Å². The summed E-state index contributed by atoms with van der Waals surface area (Å²) in [6, 6.07) is 12.6. The molecule has 1 aromatic heterocycles. The zero-order chi connectivity index (χ0) is 27.7. The van der Waals surface area contributed by atoms with Crippen LogP contribution in [0.1, 0.15) is 57.0 Å². The van der Waals surface area contributed by atoms with Crippen molar-refractivity contribution in [2.24, 2.45) is 0 Å². The van der Waals surface area contributed by atoms with E-state index in [-0.39, 0.29) is 16.9 Å². The van der Waals surface area contributed by atoms with Crippen LogP contribution in [0, 0.1) is 5.82 Å². The lowest BCUT2D eigenvalue weighted by Crippen LogP contribution is -2.36. The van der Waals surface area contributed by atoms with Gasteiger partial charge in [-0.25, -0.2) is 14.0 Å². The average Bonchev–Trinajstić information content (AvgIpc) is 3.43. The van der Waals surface area contributed by atoms with Crippen LogP contribution in [0.15, 0.2) is 54.7 Å². The van der Waals surface area contributed by atoms with E-state index in [0.717, 1.165) is 23.4 Å². The number of hydrogen-bond acceptors (Lipinski definition) is 5. The number of hydrogen-bond donors (Lipinski definition) is 1. The maximum Gasteiger partial charge on any atom is 0.415 e. The summed E-state index contributed by atoms with van der Waals surface area (Å²) in [4.78, 5) is 27.6. The van der Waals surface area contributed by atoms with E-state index >= 15 is 0 Å². The van der Waals surface area contributed by atoms with Crippen molar-refractivity contribution in [3.63, 3.8) is 0 Å². The molecule has 0 bridgehead atoms. The maximum atomic E-state index is 13.6. The number of amides is 1. The van der Waals surface area contributed by atoms with Crippen molar-refractivity contribution < 1.29 is 23.8 Å². The summed E-state index contributed by atoms with van der Waals surface area (Å²) in [5.41, 5.74) is 2.61. The molecule has 1 amide bonds. The summed E-state index contributed by atoms with van der Waals surface area (Å²) < 4.78 is 21.3. The molecule has 1 aliphatic heterocycles. The molecule has 0 saturated carbocycles. The highest BCUT2D eigenvalue weighted by Gasteiger charge is 2.42. The fraction of sp³-hybridized carbons (Fsp3) is 0.414. The van der Waals surface area contributed by atoms with Crippen LogP contribution in [-0.2, 0) is 16.8 Å². The number of carboxylic acids is 1. The van der Waals surface area contributed by atoms with Crippen molar-refractivity contribution in [3.8, 4) is 11.3 Å². The van der Waals surface area contributed by atoms with Crippen LogP contribution < -0.4 is 4.90 Å². The molecule has 1 saturated heterocycles. The molecule has 0 aliphatic carbocycles. The largest absolute Gasteiger partial charge is 0.478 e. The van der Waals surface area contributed by atoms with Gasteiger partial charge in [0.2, 0.25) is 0 Å². The van der Waals surface area contributed by atoms with E-state index in [2.05, 4.69) is 38.8 Å². The lowest BCUT2D eigenvalue weighted by molar-refractivity contribution is 0.0547. The van der Waals surface area contributed by atoms with Crippen molar-refractivity contribution in [2.75, 3.05) is 24.5 Å². The van der Waals surface area contributed by atoms with Gasteiger partial charge < -0.3 is 9.84 Å². The molecule has 3 aromatic rings. The Morgan fingerprint density at radius 1 is 1.16 bits per heavy atom. The molecular weight excluding hydrogens is 487 g/mol. The first-order chi connectivity index (χ1) is 17.9. The van der Waals surface area contributed by atoms with Gasteiger partial charge in [-0.2, -0.15) is 5.10 Å². The minimum atomic E-state index is -1.01. The van der Waals surface area contributed by atoms with Gasteiger partial charge in [0.05, 0.1) is 23.3 Å². The van der Waals surface area contributed by atoms with Crippen molar-refractivity contribution in [3.05, 3.63) is 71.7 Å². The molecule has 1 unspecified atom stereocenters. The maximum absolute atomic E-state index is 13.6. The molecule has 4 rings (SSSR count). The minimum Gasteiger partial charge on any atom is -0.478 e. The molecule has 2 heterocycles. The summed E-state index contributed by atoms with van der Waals surface area (Å²) >= 11 is 0. The second-order valence-electron chi connectivity index (χ2n) is 11.0. The Hall–Kier alpha value is -3.72. The Labute approximate surface area is 222 Å². The zero-order valence-electron chi connectivity index (χ0n) is 22.6. The van der Waals surface area contributed by atoms with Crippen LogP contribution in [-0.4, -0.2) is 57.1 Å². The van der Waals surface area contributed by atoms with E-state index in [1.165, 1.54) is 24.3 Å². The summed E-state index contributed by atoms with van der Waals surface area (Å²) in [6.45, 7) is 12.8. The lowest BCUT2D eigenvalue weighted by Gasteiger charge is -2.27. The van der Waals surface area contributed by atoms with E-state index in [1.54, 1.807) is 29.2 Å². The third kappa shape index (κ3) is 6.05. The number of aromatic nitrogens is 2. The molecule has 1 aliphatic rings. The number of benzene rings is 2. The van der Waals surface area contributed by atoms with E-state index < -0.39 is 17.7 Å². The Morgan fingerprint density at radius 2 is 1.82 bits per heavy atom. The SMILES string of the molecule is CCN(CCC1(C)CN(c2ccc(C(=O)O)cc2)C(=O)O1)Cc1cn(C(C)(C)C)nc1-c1ccc(F)cc1. The van der Waals surface area contributed by atoms with E-state index in [1.807, 2.05) is 11.6 Å². The first kappa shape index (κ1) is 27.3. The molecule has 2 aromatic carbocycles. The highest BCUT2D eigenvalue weighted by Crippen LogP contribution is 2.32. The van der Waals surface area contributed by atoms with Gasteiger partial charge in [-0.3, -0.25) is 14.5 Å². The van der Waals surface area contributed by atoms with Gasteiger partial charge in [-0.15, -0.1) is 0 Å². The molecule has 8 nitrogen and oxygen atoms in total. The monoisotopic (exact) mass is 522 g/mol. The van der Waals surface area contributed by atoms with Gasteiger partial charge in [-0.1, -0.05) is 6.92 Å². The summed E-state index contributed by atoms with van der Waals surface area (Å²) in [5.74, 6) is -1.30. The quantitative estimate of drug-likeness (QED) is 0.384. The van der Waals surface area contributed by atoms with Crippen LogP contribution >= 0.6 is 0 Å². The second kappa shape index (κ2) is 10.6. The van der Waals surface area contributed by atoms with Gasteiger partial charge in [0.1, 0.15) is 11.4 Å². The first-order valence-corrected chi connectivity index (χ1v) is 12.8. The number of aromatic carboxylic acids is 1. The number of halogens is 1. The molecule has 9 heteroatoms. The highest BCUT2D eigenvalue weighted by molar-refractivity contribution is 5.92. The van der Waals surface area contributed by atoms with Gasteiger partial charge in [0, 0.05) is 42.5 Å². The number of carboxylic acid groups (broad SMARTS) is 1. The van der Waals surface area contributed by atoms with Crippen molar-refractivity contribution in [1.82, 2.24) is 14.7 Å². The highest BCUT2D eigenvalue weighted by atomic mass is 19.1. The topological polar surface area (TPSA) is 87.9 Å². The van der Waals surface area contributed by atoms with Crippen LogP contribution in [0.2, 0.25) is 0 Å². The molecule has 0 spiro atoms. The number of cyclic esters (lactones) is 1.